The zero-order valence-electron chi connectivity index (χ0n) is 15.7. The molecule has 2 aromatic carbocycles. The highest BCUT2D eigenvalue weighted by atomic mass is 32.1. The first-order chi connectivity index (χ1) is 13.6. The zero-order chi connectivity index (χ0) is 19.9. The topological polar surface area (TPSA) is 94.6 Å². The second-order valence-electron chi connectivity index (χ2n) is 5.62. The van der Waals surface area contributed by atoms with E-state index in [-0.39, 0.29) is 5.91 Å². The highest BCUT2D eigenvalue weighted by molar-refractivity contribution is 7.19. The molecule has 1 heterocycles. The molecule has 0 spiro atoms. The van der Waals surface area contributed by atoms with Crippen LogP contribution >= 0.6 is 11.3 Å². The first-order valence-corrected chi connectivity index (χ1v) is 9.19. The van der Waals surface area contributed by atoms with Crippen molar-refractivity contribution in [2.45, 2.75) is 6.54 Å². The van der Waals surface area contributed by atoms with Crippen molar-refractivity contribution in [1.29, 1.82) is 0 Å². The number of benzene rings is 2. The van der Waals surface area contributed by atoms with Crippen LogP contribution in [0.5, 0.6) is 17.2 Å². The van der Waals surface area contributed by atoms with Gasteiger partial charge in [0.1, 0.15) is 0 Å². The number of rotatable bonds is 8. The first-order valence-electron chi connectivity index (χ1n) is 8.37. The third-order valence-electron chi connectivity index (χ3n) is 3.86. The van der Waals surface area contributed by atoms with Crippen molar-refractivity contribution in [3.05, 3.63) is 53.6 Å². The van der Waals surface area contributed by atoms with Crippen LogP contribution in [0, 0.1) is 0 Å². The van der Waals surface area contributed by atoms with Gasteiger partial charge < -0.3 is 19.5 Å². The van der Waals surface area contributed by atoms with Gasteiger partial charge >= 0.3 is 0 Å². The highest BCUT2D eigenvalue weighted by Crippen LogP contribution is 2.38. The van der Waals surface area contributed by atoms with Crippen LogP contribution in [-0.2, 0) is 6.54 Å². The van der Waals surface area contributed by atoms with Crippen molar-refractivity contribution >= 4 is 27.5 Å². The molecule has 8 nitrogen and oxygen atoms in total. The number of nitrogens with zero attached hydrogens (tertiary/aromatic N) is 2. The minimum absolute atomic E-state index is 0.350. The molecule has 0 unspecified atom stereocenters. The zero-order valence-corrected chi connectivity index (χ0v) is 16.5. The van der Waals surface area contributed by atoms with Crippen LogP contribution in [0.15, 0.2) is 42.5 Å². The highest BCUT2D eigenvalue weighted by Gasteiger charge is 2.18. The van der Waals surface area contributed by atoms with Crippen LogP contribution in [0.2, 0.25) is 0 Å². The largest absolute Gasteiger partial charge is 0.493 e. The van der Waals surface area contributed by atoms with Crippen molar-refractivity contribution in [2.24, 2.45) is 0 Å². The summed E-state index contributed by atoms with van der Waals surface area (Å²) in [6.07, 6.45) is 0. The number of anilines is 2. The Balaban J connectivity index is 1.69. The molecule has 146 valence electrons. The number of amides is 1. The minimum atomic E-state index is -0.356. The van der Waals surface area contributed by atoms with E-state index in [1.54, 1.807) is 12.1 Å². The number of hydrogen-bond acceptors (Lipinski definition) is 8. The maximum Gasteiger partial charge on any atom is 0.257 e. The van der Waals surface area contributed by atoms with Crippen LogP contribution in [0.25, 0.3) is 0 Å². The van der Waals surface area contributed by atoms with Gasteiger partial charge in [-0.15, -0.1) is 10.2 Å². The van der Waals surface area contributed by atoms with E-state index in [2.05, 4.69) is 20.8 Å². The average molecular weight is 400 g/mol. The molecule has 0 aliphatic heterocycles. The van der Waals surface area contributed by atoms with Crippen molar-refractivity contribution < 1.29 is 19.0 Å². The molecule has 1 aromatic heterocycles. The van der Waals surface area contributed by atoms with Gasteiger partial charge in [-0.3, -0.25) is 10.1 Å². The van der Waals surface area contributed by atoms with E-state index in [1.165, 1.54) is 32.7 Å². The number of aromatic nitrogens is 2. The maximum atomic E-state index is 12.6. The lowest BCUT2D eigenvalue weighted by Gasteiger charge is -2.13. The number of ether oxygens (including phenoxy) is 3. The lowest BCUT2D eigenvalue weighted by atomic mass is 10.1. The molecule has 3 aromatic rings. The Hall–Kier alpha value is -3.33. The fourth-order valence-electron chi connectivity index (χ4n) is 2.50. The lowest BCUT2D eigenvalue weighted by Crippen LogP contribution is -2.12. The molecule has 9 heteroatoms. The normalized spacial score (nSPS) is 10.2. The second kappa shape index (κ2) is 9.05. The Morgan fingerprint density at radius 1 is 0.964 bits per heavy atom. The summed E-state index contributed by atoms with van der Waals surface area (Å²) in [7, 11) is 4.49. The van der Waals surface area contributed by atoms with Gasteiger partial charge in [0.2, 0.25) is 16.0 Å². The Kier molecular flexibility index (Phi) is 6.28. The summed E-state index contributed by atoms with van der Waals surface area (Å²) >= 11 is 1.25. The molecule has 2 N–H and O–H groups in total. The monoisotopic (exact) mass is 400 g/mol. The quantitative estimate of drug-likeness (QED) is 0.598. The van der Waals surface area contributed by atoms with E-state index < -0.39 is 0 Å². The number of hydrogen-bond donors (Lipinski definition) is 2. The molecule has 0 aliphatic rings. The van der Waals surface area contributed by atoms with Gasteiger partial charge in [0.15, 0.2) is 11.5 Å². The third-order valence-corrected chi connectivity index (χ3v) is 4.66. The van der Waals surface area contributed by atoms with E-state index in [0.717, 1.165) is 5.56 Å². The van der Waals surface area contributed by atoms with E-state index in [0.29, 0.717) is 39.6 Å². The van der Waals surface area contributed by atoms with Crippen molar-refractivity contribution in [2.75, 3.05) is 32.0 Å². The predicted molar refractivity (Wildman–Crippen MR) is 108 cm³/mol. The molecule has 0 saturated carbocycles. The summed E-state index contributed by atoms with van der Waals surface area (Å²) in [5, 5.41) is 15.0. The molecule has 3 rings (SSSR count). The SMILES string of the molecule is COc1cc(C(=O)Nc2nnc(NCc3ccccc3)s2)cc(OC)c1OC. The Labute approximate surface area is 166 Å². The van der Waals surface area contributed by atoms with E-state index in [1.807, 2.05) is 30.3 Å². The van der Waals surface area contributed by atoms with Gasteiger partial charge in [0, 0.05) is 12.1 Å². The van der Waals surface area contributed by atoms with Gasteiger partial charge in [-0.2, -0.15) is 0 Å². The molecule has 0 radical (unpaired) electrons. The van der Waals surface area contributed by atoms with E-state index in [9.17, 15) is 4.79 Å². The van der Waals surface area contributed by atoms with Gasteiger partial charge in [-0.1, -0.05) is 41.7 Å². The fraction of sp³-hybridized carbons (Fsp3) is 0.211. The minimum Gasteiger partial charge on any atom is -0.493 e. The van der Waals surface area contributed by atoms with Gasteiger partial charge in [-0.05, 0) is 17.7 Å². The maximum absolute atomic E-state index is 12.6. The summed E-state index contributed by atoms with van der Waals surface area (Å²) in [6, 6.07) is 13.1. The Morgan fingerprint density at radius 3 is 2.21 bits per heavy atom. The molecule has 0 bridgehead atoms. The molecular weight excluding hydrogens is 380 g/mol. The fourth-order valence-corrected chi connectivity index (χ4v) is 3.13. The van der Waals surface area contributed by atoms with Crippen molar-refractivity contribution in [3.63, 3.8) is 0 Å². The Morgan fingerprint density at radius 2 is 1.61 bits per heavy atom. The van der Waals surface area contributed by atoms with Gasteiger partial charge in [0.25, 0.3) is 5.91 Å². The molecule has 28 heavy (non-hydrogen) atoms. The molecule has 0 atom stereocenters. The average Bonchev–Trinajstić information content (AvgIpc) is 3.19. The molecule has 1 amide bonds. The van der Waals surface area contributed by atoms with Gasteiger partial charge in [0.05, 0.1) is 21.3 Å². The second-order valence-corrected chi connectivity index (χ2v) is 6.60. The Bertz CT molecular complexity index is 921. The molecule has 0 fully saturated rings. The smallest absolute Gasteiger partial charge is 0.257 e. The first kappa shape index (κ1) is 19.4. The summed E-state index contributed by atoms with van der Waals surface area (Å²) in [5.74, 6) is 0.860. The predicted octanol–water partition coefficient (Wildman–Crippen LogP) is 3.43. The van der Waals surface area contributed by atoms with Crippen LogP contribution in [0.3, 0.4) is 0 Å². The number of carbonyl (C=O) groups excluding carboxylic acids is 1. The van der Waals surface area contributed by atoms with Crippen molar-refractivity contribution in [3.8, 4) is 17.2 Å². The molecule has 0 saturated heterocycles. The third kappa shape index (κ3) is 4.49. The summed E-state index contributed by atoms with van der Waals surface area (Å²) in [5.41, 5.74) is 1.48. The van der Waals surface area contributed by atoms with E-state index in [4.69, 9.17) is 14.2 Å². The molecular formula is C19H20N4O4S. The lowest BCUT2D eigenvalue weighted by molar-refractivity contribution is 0.102. The number of nitrogens with one attached hydrogen (secondary N) is 2. The van der Waals surface area contributed by atoms with Crippen LogP contribution in [0.4, 0.5) is 10.3 Å². The molecule has 0 aliphatic carbocycles. The van der Waals surface area contributed by atoms with Crippen LogP contribution in [-0.4, -0.2) is 37.4 Å². The van der Waals surface area contributed by atoms with E-state index >= 15 is 0 Å². The summed E-state index contributed by atoms with van der Waals surface area (Å²) in [6.45, 7) is 0.621. The standard InChI is InChI=1S/C19H20N4O4S/c1-25-14-9-13(10-15(26-2)16(14)27-3)17(24)21-19-23-22-18(28-19)20-11-12-7-5-4-6-8-12/h4-10H,11H2,1-3H3,(H,20,22)(H,21,23,24). The van der Waals surface area contributed by atoms with Gasteiger partial charge in [-0.25, -0.2) is 0 Å². The summed E-state index contributed by atoms with van der Waals surface area (Å²) < 4.78 is 15.8. The van der Waals surface area contributed by atoms with Crippen LogP contribution < -0.4 is 24.8 Å². The van der Waals surface area contributed by atoms with Crippen LogP contribution in [0.1, 0.15) is 15.9 Å². The number of carbonyl (C=O) groups is 1. The number of methoxy groups -OCH3 is 3. The summed E-state index contributed by atoms with van der Waals surface area (Å²) in [4.78, 5) is 12.6. The van der Waals surface area contributed by atoms with Crippen molar-refractivity contribution in [1.82, 2.24) is 10.2 Å².